The number of aryl methyl sites for hydroxylation is 4. The quantitative estimate of drug-likeness (QED) is 0.918. The van der Waals surface area contributed by atoms with Crippen molar-refractivity contribution in [3.05, 3.63) is 52.8 Å². The van der Waals surface area contributed by atoms with Crippen molar-refractivity contribution in [1.82, 2.24) is 15.1 Å². The van der Waals surface area contributed by atoms with Gasteiger partial charge in [-0.2, -0.15) is 5.10 Å². The van der Waals surface area contributed by atoms with Gasteiger partial charge >= 0.3 is 0 Å². The maximum atomic E-state index is 12.1. The summed E-state index contributed by atoms with van der Waals surface area (Å²) in [6, 6.07) is 8.18. The Morgan fingerprint density at radius 2 is 2.05 bits per heavy atom. The van der Waals surface area contributed by atoms with E-state index >= 15 is 0 Å². The third-order valence-electron chi connectivity index (χ3n) is 3.77. The van der Waals surface area contributed by atoms with E-state index in [4.69, 9.17) is 0 Å². The van der Waals surface area contributed by atoms with E-state index in [9.17, 15) is 4.79 Å². The molecule has 0 aliphatic heterocycles. The number of hydrogen-bond acceptors (Lipinski definition) is 2. The zero-order valence-corrected chi connectivity index (χ0v) is 13.2. The molecule has 21 heavy (non-hydrogen) atoms. The van der Waals surface area contributed by atoms with Crippen molar-refractivity contribution in [3.63, 3.8) is 0 Å². The largest absolute Gasteiger partial charge is 0.350 e. The van der Waals surface area contributed by atoms with Crippen LogP contribution in [0.2, 0.25) is 0 Å². The van der Waals surface area contributed by atoms with Gasteiger partial charge in [-0.05, 0) is 43.9 Å². The molecule has 0 aliphatic carbocycles. The second-order valence-corrected chi connectivity index (χ2v) is 5.56. The molecule has 4 heteroatoms. The minimum Gasteiger partial charge on any atom is -0.350 e. The third kappa shape index (κ3) is 3.94. The molecule has 0 bridgehead atoms. The van der Waals surface area contributed by atoms with Crippen molar-refractivity contribution < 1.29 is 4.79 Å². The number of hydrogen-bond donors (Lipinski definition) is 1. The normalized spacial score (nSPS) is 12.2. The van der Waals surface area contributed by atoms with Gasteiger partial charge in [0.25, 0.3) is 0 Å². The second-order valence-electron chi connectivity index (χ2n) is 5.56. The zero-order chi connectivity index (χ0) is 15.4. The SMILES string of the molecule is Cc1ccccc1[C@@H](C)NC(=O)CCc1cn(C)nc1C. The second kappa shape index (κ2) is 6.57. The van der Waals surface area contributed by atoms with Crippen molar-refractivity contribution in [3.8, 4) is 0 Å². The molecule has 1 heterocycles. The summed E-state index contributed by atoms with van der Waals surface area (Å²) in [6.45, 7) is 6.07. The first-order valence-corrected chi connectivity index (χ1v) is 7.31. The Kier molecular flexibility index (Phi) is 4.78. The van der Waals surface area contributed by atoms with Crippen LogP contribution in [-0.4, -0.2) is 15.7 Å². The Morgan fingerprint density at radius 3 is 2.67 bits per heavy atom. The molecular weight excluding hydrogens is 262 g/mol. The molecule has 2 rings (SSSR count). The van der Waals surface area contributed by atoms with Crippen molar-refractivity contribution in [2.24, 2.45) is 7.05 Å². The third-order valence-corrected chi connectivity index (χ3v) is 3.77. The van der Waals surface area contributed by atoms with Gasteiger partial charge in [-0.3, -0.25) is 9.48 Å². The van der Waals surface area contributed by atoms with E-state index < -0.39 is 0 Å². The van der Waals surface area contributed by atoms with Gasteiger partial charge < -0.3 is 5.32 Å². The van der Waals surface area contributed by atoms with E-state index in [0.29, 0.717) is 6.42 Å². The van der Waals surface area contributed by atoms with Crippen molar-refractivity contribution >= 4 is 5.91 Å². The number of amides is 1. The Hall–Kier alpha value is -2.10. The molecule has 1 amide bonds. The molecule has 112 valence electrons. The number of aromatic nitrogens is 2. The van der Waals surface area contributed by atoms with Gasteiger partial charge in [0, 0.05) is 19.7 Å². The van der Waals surface area contributed by atoms with Gasteiger partial charge in [-0.15, -0.1) is 0 Å². The maximum absolute atomic E-state index is 12.1. The summed E-state index contributed by atoms with van der Waals surface area (Å²) in [5.41, 5.74) is 4.50. The average Bonchev–Trinajstić information content (AvgIpc) is 2.75. The van der Waals surface area contributed by atoms with Crippen molar-refractivity contribution in [2.75, 3.05) is 0 Å². The first-order valence-electron chi connectivity index (χ1n) is 7.31. The molecule has 1 aromatic heterocycles. The Morgan fingerprint density at radius 1 is 1.33 bits per heavy atom. The highest BCUT2D eigenvalue weighted by Crippen LogP contribution is 2.17. The molecule has 1 atom stereocenters. The lowest BCUT2D eigenvalue weighted by atomic mass is 10.0. The molecular formula is C17H23N3O. The number of carbonyl (C=O) groups is 1. The van der Waals surface area contributed by atoms with Crippen LogP contribution in [0.5, 0.6) is 0 Å². The molecule has 2 aromatic rings. The molecule has 4 nitrogen and oxygen atoms in total. The predicted molar refractivity (Wildman–Crippen MR) is 84.0 cm³/mol. The lowest BCUT2D eigenvalue weighted by molar-refractivity contribution is -0.121. The number of rotatable bonds is 5. The standard InChI is InChI=1S/C17H23N3O/c1-12-7-5-6-8-16(12)14(3)18-17(21)10-9-15-11-20(4)19-13(15)2/h5-8,11,14H,9-10H2,1-4H3,(H,18,21)/t14-/m1/s1. The van der Waals surface area contributed by atoms with Crippen LogP contribution in [0.4, 0.5) is 0 Å². The first kappa shape index (κ1) is 15.3. The summed E-state index contributed by atoms with van der Waals surface area (Å²) in [7, 11) is 1.90. The summed E-state index contributed by atoms with van der Waals surface area (Å²) >= 11 is 0. The lowest BCUT2D eigenvalue weighted by Crippen LogP contribution is -2.27. The molecule has 1 N–H and O–H groups in total. The smallest absolute Gasteiger partial charge is 0.220 e. The summed E-state index contributed by atoms with van der Waals surface area (Å²) in [6.07, 6.45) is 3.20. The minimum absolute atomic E-state index is 0.0358. The molecule has 0 saturated carbocycles. The van der Waals surface area contributed by atoms with E-state index in [1.54, 1.807) is 4.68 Å². The summed E-state index contributed by atoms with van der Waals surface area (Å²) < 4.78 is 1.79. The maximum Gasteiger partial charge on any atom is 0.220 e. The first-order chi connectivity index (χ1) is 9.97. The fraction of sp³-hybridized carbons (Fsp3) is 0.412. The molecule has 0 aliphatic rings. The van der Waals surface area contributed by atoms with Crippen molar-refractivity contribution in [1.29, 1.82) is 0 Å². The number of benzene rings is 1. The van der Waals surface area contributed by atoms with Gasteiger partial charge in [0.05, 0.1) is 11.7 Å². The molecule has 1 aromatic carbocycles. The summed E-state index contributed by atoms with van der Waals surface area (Å²) in [5.74, 6) is 0.0778. The highest BCUT2D eigenvalue weighted by Gasteiger charge is 2.12. The van der Waals surface area contributed by atoms with Crippen LogP contribution in [0.3, 0.4) is 0 Å². The average molecular weight is 285 g/mol. The van der Waals surface area contributed by atoms with Crippen LogP contribution >= 0.6 is 0 Å². The van der Waals surface area contributed by atoms with E-state index in [-0.39, 0.29) is 11.9 Å². The fourth-order valence-electron chi connectivity index (χ4n) is 2.61. The number of carbonyl (C=O) groups excluding carboxylic acids is 1. The summed E-state index contributed by atoms with van der Waals surface area (Å²) in [4.78, 5) is 12.1. The van der Waals surface area contributed by atoms with Gasteiger partial charge in [0.1, 0.15) is 0 Å². The van der Waals surface area contributed by atoms with Crippen LogP contribution in [0.25, 0.3) is 0 Å². The van der Waals surface area contributed by atoms with E-state index in [2.05, 4.69) is 29.5 Å². The van der Waals surface area contributed by atoms with Crippen LogP contribution in [0.15, 0.2) is 30.5 Å². The number of nitrogens with one attached hydrogen (secondary N) is 1. The van der Waals surface area contributed by atoms with Gasteiger partial charge in [-0.1, -0.05) is 24.3 Å². The molecule has 0 unspecified atom stereocenters. The highest BCUT2D eigenvalue weighted by molar-refractivity contribution is 5.76. The van der Waals surface area contributed by atoms with Gasteiger partial charge in [0.2, 0.25) is 5.91 Å². The fourth-order valence-corrected chi connectivity index (χ4v) is 2.61. The zero-order valence-electron chi connectivity index (χ0n) is 13.2. The Balaban J connectivity index is 1.90. The van der Waals surface area contributed by atoms with E-state index in [1.807, 2.05) is 39.2 Å². The van der Waals surface area contributed by atoms with Crippen LogP contribution in [0, 0.1) is 13.8 Å². The van der Waals surface area contributed by atoms with Gasteiger partial charge in [-0.25, -0.2) is 0 Å². The highest BCUT2D eigenvalue weighted by atomic mass is 16.1. The molecule has 0 saturated heterocycles. The van der Waals surface area contributed by atoms with Crippen molar-refractivity contribution in [2.45, 2.75) is 39.7 Å². The summed E-state index contributed by atoms with van der Waals surface area (Å²) in [5, 5.41) is 7.36. The monoisotopic (exact) mass is 285 g/mol. The lowest BCUT2D eigenvalue weighted by Gasteiger charge is -2.16. The van der Waals surface area contributed by atoms with Crippen LogP contribution < -0.4 is 5.32 Å². The minimum atomic E-state index is 0.0358. The molecule has 0 fully saturated rings. The molecule has 0 radical (unpaired) electrons. The Labute approximate surface area is 126 Å². The van der Waals surface area contributed by atoms with Crippen LogP contribution in [0.1, 0.15) is 41.8 Å². The topological polar surface area (TPSA) is 46.9 Å². The van der Waals surface area contributed by atoms with Gasteiger partial charge in [0.15, 0.2) is 0 Å². The predicted octanol–water partition coefficient (Wildman–Crippen LogP) is 2.85. The molecule has 0 spiro atoms. The van der Waals surface area contributed by atoms with E-state index in [1.165, 1.54) is 11.1 Å². The Bertz CT molecular complexity index is 631. The van der Waals surface area contributed by atoms with E-state index in [0.717, 1.165) is 17.7 Å². The number of nitrogens with zero attached hydrogens (tertiary/aromatic N) is 2. The van der Waals surface area contributed by atoms with Crippen LogP contribution in [-0.2, 0) is 18.3 Å².